The van der Waals surface area contributed by atoms with Gasteiger partial charge in [0.1, 0.15) is 22.5 Å². The number of ether oxygens (including phenoxy) is 3. The molecule has 1 atom stereocenters. The van der Waals surface area contributed by atoms with Crippen LogP contribution in [-0.4, -0.2) is 47.5 Å². The Labute approximate surface area is 199 Å². The fraction of sp³-hybridized carbons (Fsp3) is 0.500. The average molecular weight is 472 g/mol. The number of esters is 1. The first-order valence-electron chi connectivity index (χ1n) is 11.4. The summed E-state index contributed by atoms with van der Waals surface area (Å²) < 4.78 is 18.5. The quantitative estimate of drug-likeness (QED) is 0.451. The number of fused-ring (bicyclic) bond motifs is 3. The molecule has 34 heavy (non-hydrogen) atoms. The van der Waals surface area contributed by atoms with Crippen LogP contribution in [0.15, 0.2) is 29.2 Å². The standard InChI is InChI=1S/C26H33NO7/c1-15(2)20-10-16-11-23(33-9-7-8-32-6)18(25(31)34-26(3,4)5)12-17(16)21-13-22(28)19(24(29)30)14-27(20)21/h11-15,20H,7-10H2,1-6H3,(H,29,30). The number of nitrogens with zero attached hydrogens (tertiary/aromatic N) is 1. The highest BCUT2D eigenvalue weighted by Crippen LogP contribution is 2.40. The predicted octanol–water partition coefficient (Wildman–Crippen LogP) is 4.34. The van der Waals surface area contributed by atoms with Gasteiger partial charge < -0.3 is 23.9 Å². The predicted molar refractivity (Wildman–Crippen MR) is 128 cm³/mol. The lowest BCUT2D eigenvalue weighted by Gasteiger charge is -2.34. The van der Waals surface area contributed by atoms with Crippen LogP contribution in [0.3, 0.4) is 0 Å². The molecule has 8 heteroatoms. The first-order valence-corrected chi connectivity index (χ1v) is 11.4. The van der Waals surface area contributed by atoms with Crippen molar-refractivity contribution < 1.29 is 28.9 Å². The molecular weight excluding hydrogens is 438 g/mol. The van der Waals surface area contributed by atoms with Crippen molar-refractivity contribution in [3.05, 3.63) is 51.3 Å². The summed E-state index contributed by atoms with van der Waals surface area (Å²) >= 11 is 0. The largest absolute Gasteiger partial charge is 0.493 e. The van der Waals surface area contributed by atoms with E-state index in [4.69, 9.17) is 14.2 Å². The van der Waals surface area contributed by atoms with Crippen LogP contribution in [0.5, 0.6) is 5.75 Å². The van der Waals surface area contributed by atoms with Gasteiger partial charge in [-0.3, -0.25) is 4.79 Å². The lowest BCUT2D eigenvalue weighted by atomic mass is 9.86. The van der Waals surface area contributed by atoms with Crippen molar-refractivity contribution in [1.82, 2.24) is 4.57 Å². The molecule has 0 aliphatic carbocycles. The second-order valence-electron chi connectivity index (χ2n) is 9.87. The number of carbonyl (C=O) groups is 2. The molecule has 1 aromatic heterocycles. The number of hydrogen-bond acceptors (Lipinski definition) is 6. The minimum absolute atomic E-state index is 0.0603. The van der Waals surface area contributed by atoms with E-state index in [0.717, 1.165) is 5.56 Å². The lowest BCUT2D eigenvalue weighted by molar-refractivity contribution is 0.00654. The van der Waals surface area contributed by atoms with Crippen LogP contribution in [0, 0.1) is 5.92 Å². The van der Waals surface area contributed by atoms with Crippen molar-refractivity contribution in [1.29, 1.82) is 0 Å². The van der Waals surface area contributed by atoms with E-state index in [-0.39, 0.29) is 23.1 Å². The van der Waals surface area contributed by atoms with Crippen molar-refractivity contribution in [3.63, 3.8) is 0 Å². The van der Waals surface area contributed by atoms with Gasteiger partial charge in [-0.2, -0.15) is 0 Å². The zero-order chi connectivity index (χ0) is 25.2. The molecule has 0 fully saturated rings. The van der Waals surface area contributed by atoms with Crippen LogP contribution in [0.2, 0.25) is 0 Å². The summed E-state index contributed by atoms with van der Waals surface area (Å²) in [6, 6.07) is 4.82. The van der Waals surface area contributed by atoms with Gasteiger partial charge in [0.15, 0.2) is 5.43 Å². The van der Waals surface area contributed by atoms with Crippen LogP contribution in [0.25, 0.3) is 11.3 Å². The van der Waals surface area contributed by atoms with Gasteiger partial charge in [-0.25, -0.2) is 9.59 Å². The van der Waals surface area contributed by atoms with Crippen LogP contribution >= 0.6 is 0 Å². The maximum absolute atomic E-state index is 13.1. The second kappa shape index (κ2) is 10.0. The van der Waals surface area contributed by atoms with Crippen LogP contribution in [0.4, 0.5) is 0 Å². The normalized spacial score (nSPS) is 15.0. The van der Waals surface area contributed by atoms with E-state index in [9.17, 15) is 19.5 Å². The van der Waals surface area contributed by atoms with Crippen molar-refractivity contribution in [2.45, 2.75) is 59.1 Å². The molecule has 0 amide bonds. The van der Waals surface area contributed by atoms with Gasteiger partial charge in [0.05, 0.1) is 12.3 Å². The van der Waals surface area contributed by atoms with Crippen LogP contribution in [-0.2, 0) is 15.9 Å². The summed E-state index contributed by atoms with van der Waals surface area (Å²) in [5, 5.41) is 9.47. The number of carboxylic acid groups (broad SMARTS) is 1. The highest BCUT2D eigenvalue weighted by molar-refractivity contribution is 5.95. The molecule has 2 aromatic rings. The zero-order valence-electron chi connectivity index (χ0n) is 20.6. The van der Waals surface area contributed by atoms with E-state index in [1.807, 2.05) is 10.6 Å². The summed E-state index contributed by atoms with van der Waals surface area (Å²) in [5.74, 6) is -1.20. The number of benzene rings is 1. The number of carboxylic acids is 1. The zero-order valence-corrected chi connectivity index (χ0v) is 20.6. The van der Waals surface area contributed by atoms with Crippen molar-refractivity contribution in [3.8, 4) is 17.0 Å². The molecule has 1 unspecified atom stereocenters. The van der Waals surface area contributed by atoms with Gasteiger partial charge in [-0.15, -0.1) is 0 Å². The molecule has 3 rings (SSSR count). The number of pyridine rings is 1. The monoisotopic (exact) mass is 471 g/mol. The number of carbonyl (C=O) groups excluding carboxylic acids is 1. The van der Waals surface area contributed by atoms with Gasteiger partial charge >= 0.3 is 11.9 Å². The Morgan fingerprint density at radius 1 is 1.15 bits per heavy atom. The summed E-state index contributed by atoms with van der Waals surface area (Å²) in [5.41, 5.74) is 0.900. The smallest absolute Gasteiger partial charge is 0.342 e. The molecule has 1 aliphatic rings. The minimum Gasteiger partial charge on any atom is -0.493 e. The van der Waals surface area contributed by atoms with Gasteiger partial charge in [-0.1, -0.05) is 13.8 Å². The molecule has 0 saturated heterocycles. The lowest BCUT2D eigenvalue weighted by Crippen LogP contribution is -2.29. The minimum atomic E-state index is -1.26. The van der Waals surface area contributed by atoms with E-state index in [1.165, 1.54) is 12.3 Å². The molecule has 0 bridgehead atoms. The average Bonchev–Trinajstić information content (AvgIpc) is 2.73. The van der Waals surface area contributed by atoms with Crippen LogP contribution in [0.1, 0.15) is 73.4 Å². The van der Waals surface area contributed by atoms with E-state index in [1.54, 1.807) is 33.9 Å². The summed E-state index contributed by atoms with van der Waals surface area (Å²) in [7, 11) is 1.62. The third kappa shape index (κ3) is 5.50. The molecule has 8 nitrogen and oxygen atoms in total. The van der Waals surface area contributed by atoms with E-state index < -0.39 is 23.0 Å². The molecule has 1 N–H and O–H groups in total. The summed E-state index contributed by atoms with van der Waals surface area (Å²) in [4.78, 5) is 37.2. The topological polar surface area (TPSA) is 104 Å². The van der Waals surface area contributed by atoms with Crippen molar-refractivity contribution in [2.75, 3.05) is 20.3 Å². The summed E-state index contributed by atoms with van der Waals surface area (Å²) in [6.45, 7) is 10.4. The second-order valence-corrected chi connectivity index (χ2v) is 9.87. The van der Waals surface area contributed by atoms with Crippen LogP contribution < -0.4 is 10.2 Å². The van der Waals surface area contributed by atoms with E-state index in [2.05, 4.69) is 13.8 Å². The highest BCUT2D eigenvalue weighted by Gasteiger charge is 2.31. The Morgan fingerprint density at radius 2 is 1.85 bits per heavy atom. The van der Waals surface area contributed by atoms with Gasteiger partial charge in [0, 0.05) is 44.0 Å². The van der Waals surface area contributed by atoms with Crippen molar-refractivity contribution >= 4 is 11.9 Å². The fourth-order valence-electron chi connectivity index (χ4n) is 4.11. The number of methoxy groups -OCH3 is 1. The number of aromatic carboxylic acids is 1. The maximum atomic E-state index is 13.1. The SMILES string of the molecule is COCCCOc1cc2c(cc1C(=O)OC(C)(C)C)-c1cc(=O)c(C(=O)O)cn1C(C(C)C)C2. The molecular formula is C26H33NO7. The fourth-order valence-corrected chi connectivity index (χ4v) is 4.11. The number of rotatable bonds is 8. The maximum Gasteiger partial charge on any atom is 0.342 e. The molecule has 1 aliphatic heterocycles. The van der Waals surface area contributed by atoms with Gasteiger partial charge in [0.25, 0.3) is 0 Å². The third-order valence-corrected chi connectivity index (χ3v) is 5.72. The number of hydrogen-bond donors (Lipinski definition) is 1. The first kappa shape index (κ1) is 25.5. The molecule has 0 radical (unpaired) electrons. The molecule has 0 spiro atoms. The molecule has 0 saturated carbocycles. The molecule has 184 valence electrons. The Bertz CT molecular complexity index is 1140. The van der Waals surface area contributed by atoms with Gasteiger partial charge in [-0.05, 0) is 50.8 Å². The van der Waals surface area contributed by atoms with Crippen molar-refractivity contribution in [2.24, 2.45) is 5.92 Å². The Morgan fingerprint density at radius 3 is 2.44 bits per heavy atom. The Balaban J connectivity index is 2.18. The summed E-state index contributed by atoms with van der Waals surface area (Å²) in [6.07, 6.45) is 2.67. The Hall–Kier alpha value is -3.13. The van der Waals surface area contributed by atoms with E-state index in [0.29, 0.717) is 43.1 Å². The third-order valence-electron chi connectivity index (χ3n) is 5.72. The number of aromatic nitrogens is 1. The molecule has 1 aromatic carbocycles. The first-order chi connectivity index (χ1) is 15.9. The Kier molecular flexibility index (Phi) is 7.51. The van der Waals surface area contributed by atoms with Gasteiger partial charge in [0.2, 0.25) is 0 Å². The van der Waals surface area contributed by atoms with E-state index >= 15 is 0 Å². The highest BCUT2D eigenvalue weighted by atomic mass is 16.6. The molecule has 2 heterocycles.